The van der Waals surface area contributed by atoms with Gasteiger partial charge in [-0.1, -0.05) is 102 Å². The monoisotopic (exact) mass is 512 g/mol. The van der Waals surface area contributed by atoms with Crippen LogP contribution >= 0.6 is 0 Å². The van der Waals surface area contributed by atoms with Crippen molar-refractivity contribution < 1.29 is 19.7 Å². The fraction of sp³-hybridized carbons (Fsp3) is 0.636. The second-order valence-electron chi connectivity index (χ2n) is 10.2. The molecule has 2 N–H and O–H groups in total. The standard InChI is InChI=1S/C33H52O4/c1-3-5-7-9-11-13-15-28-17-19-32(36-23-21-34)30(25-28)27-31-26-29(16-14-12-10-8-6-4-2)18-20-33(31)37-24-22-35/h17-20,25-26,34-35H,3-16,21-24,27H2,1-2H3. The highest BCUT2D eigenvalue weighted by Gasteiger charge is 2.12. The molecule has 208 valence electrons. The van der Waals surface area contributed by atoms with Crippen LogP contribution in [0.1, 0.15) is 113 Å². The van der Waals surface area contributed by atoms with Gasteiger partial charge in [-0.25, -0.2) is 0 Å². The molecule has 0 heterocycles. The molecule has 4 nitrogen and oxygen atoms in total. The first-order chi connectivity index (χ1) is 18.2. The minimum Gasteiger partial charge on any atom is -0.491 e. The van der Waals surface area contributed by atoms with E-state index in [0.29, 0.717) is 6.42 Å². The average molecular weight is 513 g/mol. The summed E-state index contributed by atoms with van der Waals surface area (Å²) in [7, 11) is 0. The van der Waals surface area contributed by atoms with Gasteiger partial charge in [-0.05, 0) is 60.1 Å². The summed E-state index contributed by atoms with van der Waals surface area (Å²) in [6, 6.07) is 13.0. The first kappa shape index (κ1) is 31.2. The summed E-state index contributed by atoms with van der Waals surface area (Å²) >= 11 is 0. The molecule has 2 aromatic rings. The number of benzene rings is 2. The van der Waals surface area contributed by atoms with Crippen LogP contribution < -0.4 is 9.47 Å². The molecule has 2 aromatic carbocycles. The number of unbranched alkanes of at least 4 members (excludes halogenated alkanes) is 10. The smallest absolute Gasteiger partial charge is 0.122 e. The van der Waals surface area contributed by atoms with Crippen molar-refractivity contribution in [3.05, 3.63) is 58.7 Å². The van der Waals surface area contributed by atoms with E-state index >= 15 is 0 Å². The van der Waals surface area contributed by atoms with E-state index in [0.717, 1.165) is 35.5 Å². The maximum Gasteiger partial charge on any atom is 0.122 e. The fourth-order valence-electron chi connectivity index (χ4n) is 4.87. The minimum atomic E-state index is -0.00243. The van der Waals surface area contributed by atoms with Crippen molar-refractivity contribution in [1.82, 2.24) is 0 Å². The zero-order valence-corrected chi connectivity index (χ0v) is 23.6. The van der Waals surface area contributed by atoms with Crippen molar-refractivity contribution in [3.63, 3.8) is 0 Å². The molecule has 0 amide bonds. The van der Waals surface area contributed by atoms with Crippen LogP contribution in [-0.2, 0) is 19.3 Å². The Kier molecular flexibility index (Phi) is 16.8. The van der Waals surface area contributed by atoms with Gasteiger partial charge in [0.25, 0.3) is 0 Å². The Morgan fingerprint density at radius 1 is 0.541 bits per heavy atom. The van der Waals surface area contributed by atoms with Crippen LogP contribution in [0.3, 0.4) is 0 Å². The Hall–Kier alpha value is -2.04. The van der Waals surface area contributed by atoms with E-state index in [1.165, 1.54) is 88.2 Å². The second kappa shape index (κ2) is 20.0. The van der Waals surface area contributed by atoms with Gasteiger partial charge in [0, 0.05) is 6.42 Å². The van der Waals surface area contributed by atoms with Crippen molar-refractivity contribution in [2.45, 2.75) is 110 Å². The lowest BCUT2D eigenvalue weighted by Gasteiger charge is -2.16. The number of aliphatic hydroxyl groups is 2. The van der Waals surface area contributed by atoms with Crippen molar-refractivity contribution in [3.8, 4) is 11.5 Å². The molecule has 0 aliphatic carbocycles. The first-order valence-corrected chi connectivity index (χ1v) is 14.9. The molecule has 4 heteroatoms. The SMILES string of the molecule is CCCCCCCCc1ccc(OCCO)c(Cc2cc(CCCCCCCC)ccc2OCCO)c1. The van der Waals surface area contributed by atoms with Gasteiger partial charge in [0.2, 0.25) is 0 Å². The van der Waals surface area contributed by atoms with Crippen molar-refractivity contribution in [2.75, 3.05) is 26.4 Å². The maximum absolute atomic E-state index is 9.33. The molecule has 0 spiro atoms. The summed E-state index contributed by atoms with van der Waals surface area (Å²) in [5, 5.41) is 18.7. The largest absolute Gasteiger partial charge is 0.491 e. The molecule has 37 heavy (non-hydrogen) atoms. The van der Waals surface area contributed by atoms with Gasteiger partial charge < -0.3 is 19.7 Å². The predicted molar refractivity (Wildman–Crippen MR) is 155 cm³/mol. The summed E-state index contributed by atoms with van der Waals surface area (Å²) in [6.07, 6.45) is 18.3. The summed E-state index contributed by atoms with van der Waals surface area (Å²) in [4.78, 5) is 0. The molecule has 0 unspecified atom stereocenters. The van der Waals surface area contributed by atoms with Crippen molar-refractivity contribution >= 4 is 0 Å². The molecule has 0 saturated heterocycles. The Morgan fingerprint density at radius 3 is 1.35 bits per heavy atom. The molecule has 0 radical (unpaired) electrons. The van der Waals surface area contributed by atoms with E-state index in [2.05, 4.69) is 50.2 Å². The second-order valence-corrected chi connectivity index (χ2v) is 10.2. The van der Waals surface area contributed by atoms with Crippen LogP contribution in [0, 0.1) is 0 Å². The molecule has 0 saturated carbocycles. The quantitative estimate of drug-likeness (QED) is 0.158. The van der Waals surface area contributed by atoms with Crippen LogP contribution in [0.2, 0.25) is 0 Å². The number of rotatable bonds is 22. The Bertz CT molecular complexity index is 779. The van der Waals surface area contributed by atoms with E-state index in [4.69, 9.17) is 9.47 Å². The van der Waals surface area contributed by atoms with Gasteiger partial charge in [0.15, 0.2) is 0 Å². The molecule has 0 aliphatic rings. The van der Waals surface area contributed by atoms with Crippen LogP contribution in [0.15, 0.2) is 36.4 Å². The minimum absolute atomic E-state index is 0.00243. The fourth-order valence-corrected chi connectivity index (χ4v) is 4.87. The Balaban J connectivity index is 2.14. The van der Waals surface area contributed by atoms with Gasteiger partial charge in [-0.15, -0.1) is 0 Å². The zero-order valence-electron chi connectivity index (χ0n) is 23.6. The van der Waals surface area contributed by atoms with E-state index in [1.807, 2.05) is 0 Å². The first-order valence-electron chi connectivity index (χ1n) is 14.9. The summed E-state index contributed by atoms with van der Waals surface area (Å²) in [5.41, 5.74) is 4.93. The lowest BCUT2D eigenvalue weighted by atomic mass is 9.96. The van der Waals surface area contributed by atoms with Crippen molar-refractivity contribution in [1.29, 1.82) is 0 Å². The molecule has 0 fully saturated rings. The van der Waals surface area contributed by atoms with Crippen LogP contribution in [0.4, 0.5) is 0 Å². The Labute approximate surface area is 226 Å². The third kappa shape index (κ3) is 12.8. The van der Waals surface area contributed by atoms with E-state index in [9.17, 15) is 10.2 Å². The summed E-state index contributed by atoms with van der Waals surface area (Å²) in [6.45, 7) is 5.08. The van der Waals surface area contributed by atoms with E-state index in [1.54, 1.807) is 0 Å². The van der Waals surface area contributed by atoms with Gasteiger partial charge in [-0.3, -0.25) is 0 Å². The number of hydrogen-bond acceptors (Lipinski definition) is 4. The molecule has 0 aliphatic heterocycles. The lowest BCUT2D eigenvalue weighted by Crippen LogP contribution is -2.07. The van der Waals surface area contributed by atoms with E-state index in [-0.39, 0.29) is 26.4 Å². The predicted octanol–water partition coefficient (Wildman–Crippen LogP) is 7.83. The topological polar surface area (TPSA) is 58.9 Å². The van der Waals surface area contributed by atoms with Crippen LogP contribution in [0.5, 0.6) is 11.5 Å². The third-order valence-corrected chi connectivity index (χ3v) is 6.97. The number of ether oxygens (including phenoxy) is 2. The molecular formula is C33H52O4. The highest BCUT2D eigenvalue weighted by Crippen LogP contribution is 2.30. The highest BCUT2D eigenvalue weighted by atomic mass is 16.5. The maximum atomic E-state index is 9.33. The Morgan fingerprint density at radius 2 is 0.946 bits per heavy atom. The molecule has 0 aromatic heterocycles. The summed E-state index contributed by atoms with van der Waals surface area (Å²) in [5.74, 6) is 1.66. The number of hydrogen-bond donors (Lipinski definition) is 2. The molecule has 2 rings (SSSR count). The third-order valence-electron chi connectivity index (χ3n) is 6.97. The molecular weight excluding hydrogens is 460 g/mol. The van der Waals surface area contributed by atoms with Gasteiger partial charge >= 0.3 is 0 Å². The van der Waals surface area contributed by atoms with E-state index < -0.39 is 0 Å². The molecule has 0 bridgehead atoms. The van der Waals surface area contributed by atoms with Crippen LogP contribution in [-0.4, -0.2) is 36.6 Å². The average Bonchev–Trinajstić information content (AvgIpc) is 2.91. The number of aliphatic hydroxyl groups excluding tert-OH is 2. The summed E-state index contributed by atoms with van der Waals surface area (Å²) < 4.78 is 11.8. The normalized spacial score (nSPS) is 11.1. The van der Waals surface area contributed by atoms with Gasteiger partial charge in [-0.2, -0.15) is 0 Å². The lowest BCUT2D eigenvalue weighted by molar-refractivity contribution is 0.199. The van der Waals surface area contributed by atoms with Gasteiger partial charge in [0.1, 0.15) is 24.7 Å². The zero-order chi connectivity index (χ0) is 26.6. The highest BCUT2D eigenvalue weighted by molar-refractivity contribution is 5.46. The van der Waals surface area contributed by atoms with Crippen LogP contribution in [0.25, 0.3) is 0 Å². The molecule has 0 atom stereocenters. The number of aryl methyl sites for hydroxylation is 2. The van der Waals surface area contributed by atoms with Gasteiger partial charge in [0.05, 0.1) is 13.2 Å². The van der Waals surface area contributed by atoms with Crippen molar-refractivity contribution in [2.24, 2.45) is 0 Å².